The Morgan fingerprint density at radius 3 is 2.50 bits per heavy atom. The molecule has 1 aliphatic rings. The maximum absolute atomic E-state index is 12.8. The van der Waals surface area contributed by atoms with Crippen molar-refractivity contribution in [1.29, 1.82) is 0 Å². The molecule has 0 saturated heterocycles. The van der Waals surface area contributed by atoms with Gasteiger partial charge in [0.15, 0.2) is 5.17 Å². The number of non-ortho nitro benzene ring substituents is 1. The molecule has 0 atom stereocenters. The van der Waals surface area contributed by atoms with Crippen LogP contribution in [0.2, 0.25) is 5.02 Å². The van der Waals surface area contributed by atoms with Gasteiger partial charge in [-0.25, -0.2) is 0 Å². The van der Waals surface area contributed by atoms with Gasteiger partial charge in [0, 0.05) is 36.1 Å². The molecule has 3 rings (SSSR count). The fourth-order valence-corrected chi connectivity index (χ4v) is 3.73. The van der Waals surface area contributed by atoms with Gasteiger partial charge in [-0.1, -0.05) is 35.5 Å². The van der Waals surface area contributed by atoms with Crippen molar-refractivity contribution in [1.82, 2.24) is 4.90 Å². The monoisotopic (exact) mass is 420 g/mol. The van der Waals surface area contributed by atoms with E-state index in [9.17, 15) is 25.0 Å². The zero-order chi connectivity index (χ0) is 20.3. The number of amides is 1. The lowest BCUT2D eigenvalue weighted by atomic mass is 10.2. The van der Waals surface area contributed by atoms with Gasteiger partial charge in [-0.2, -0.15) is 0 Å². The predicted octanol–water partition coefficient (Wildman–Crippen LogP) is 3.90. The number of aliphatic imine (C=N–C) groups is 1. The third-order valence-electron chi connectivity index (χ3n) is 3.95. The van der Waals surface area contributed by atoms with E-state index in [1.807, 2.05) is 0 Å². The minimum Gasteiger partial charge on any atom is -0.286 e. The Bertz CT molecular complexity index is 980. The maximum Gasteiger partial charge on any atom is 0.288 e. The molecule has 1 amide bonds. The van der Waals surface area contributed by atoms with Crippen LogP contribution in [0, 0.1) is 20.2 Å². The normalized spacial score (nSPS) is 13.3. The SMILES string of the molecule is O=C(c1ccc(Cl)c([N+](=O)[O-])c1)N1CCN=C1SCc1ccc([N+](=O)[O-])cc1. The average Bonchev–Trinajstić information content (AvgIpc) is 3.14. The smallest absolute Gasteiger partial charge is 0.286 e. The van der Waals surface area contributed by atoms with Crippen molar-refractivity contribution in [2.24, 2.45) is 4.99 Å². The summed E-state index contributed by atoms with van der Waals surface area (Å²) in [5.41, 5.74) is 0.679. The highest BCUT2D eigenvalue weighted by atomic mass is 35.5. The summed E-state index contributed by atoms with van der Waals surface area (Å²) in [6.45, 7) is 0.807. The van der Waals surface area contributed by atoms with Crippen LogP contribution in [-0.4, -0.2) is 38.9 Å². The first-order valence-corrected chi connectivity index (χ1v) is 9.39. The van der Waals surface area contributed by atoms with Crippen LogP contribution in [0.5, 0.6) is 0 Å². The molecule has 11 heteroatoms. The standard InChI is InChI=1S/C17H13ClN4O5S/c18-14-6-3-12(9-15(14)22(26)27)16(23)20-8-7-19-17(20)28-10-11-1-4-13(5-2-11)21(24)25/h1-6,9H,7-8,10H2. The quantitative estimate of drug-likeness (QED) is 0.534. The number of nitrogens with zero attached hydrogens (tertiary/aromatic N) is 4. The Balaban J connectivity index is 1.70. The van der Waals surface area contributed by atoms with E-state index in [1.54, 1.807) is 12.1 Å². The Kier molecular flexibility index (Phi) is 5.90. The highest BCUT2D eigenvalue weighted by Crippen LogP contribution is 2.27. The number of nitro benzene ring substituents is 2. The molecular formula is C17H13ClN4O5S. The number of hydrogen-bond acceptors (Lipinski definition) is 7. The molecule has 0 aromatic heterocycles. The van der Waals surface area contributed by atoms with Gasteiger partial charge in [0.1, 0.15) is 5.02 Å². The van der Waals surface area contributed by atoms with Crippen LogP contribution in [0.15, 0.2) is 47.5 Å². The summed E-state index contributed by atoms with van der Waals surface area (Å²) in [6.07, 6.45) is 0. The van der Waals surface area contributed by atoms with Crippen molar-refractivity contribution < 1.29 is 14.6 Å². The van der Waals surface area contributed by atoms with Gasteiger partial charge in [0.05, 0.1) is 16.4 Å². The van der Waals surface area contributed by atoms with Gasteiger partial charge >= 0.3 is 0 Å². The van der Waals surface area contributed by atoms with Crippen molar-refractivity contribution in [3.05, 3.63) is 78.8 Å². The topological polar surface area (TPSA) is 119 Å². The Morgan fingerprint density at radius 1 is 1.14 bits per heavy atom. The van der Waals surface area contributed by atoms with Crippen LogP contribution in [0.25, 0.3) is 0 Å². The summed E-state index contributed by atoms with van der Waals surface area (Å²) in [6, 6.07) is 10.1. The second kappa shape index (κ2) is 8.36. The highest BCUT2D eigenvalue weighted by Gasteiger charge is 2.27. The first-order valence-electron chi connectivity index (χ1n) is 8.03. The third-order valence-corrected chi connectivity index (χ3v) is 5.36. The summed E-state index contributed by atoms with van der Waals surface area (Å²) < 4.78 is 0. The molecule has 0 spiro atoms. The van der Waals surface area contributed by atoms with Crippen LogP contribution in [0.4, 0.5) is 11.4 Å². The van der Waals surface area contributed by atoms with Crippen LogP contribution in [-0.2, 0) is 5.75 Å². The van der Waals surface area contributed by atoms with E-state index in [0.717, 1.165) is 11.6 Å². The molecule has 0 bridgehead atoms. The number of hydrogen-bond donors (Lipinski definition) is 0. The van der Waals surface area contributed by atoms with E-state index in [0.29, 0.717) is 24.0 Å². The van der Waals surface area contributed by atoms with Crippen molar-refractivity contribution >= 4 is 45.8 Å². The van der Waals surface area contributed by atoms with Gasteiger partial charge < -0.3 is 0 Å². The molecule has 1 aliphatic heterocycles. The number of halogens is 1. The average molecular weight is 421 g/mol. The number of carbonyl (C=O) groups excluding carboxylic acids is 1. The first kappa shape index (κ1) is 19.8. The van der Waals surface area contributed by atoms with Gasteiger partial charge in [-0.3, -0.25) is 34.9 Å². The van der Waals surface area contributed by atoms with Gasteiger partial charge in [-0.05, 0) is 17.7 Å². The molecule has 2 aromatic rings. The van der Waals surface area contributed by atoms with E-state index >= 15 is 0 Å². The van der Waals surface area contributed by atoms with Gasteiger partial charge in [0.25, 0.3) is 17.3 Å². The maximum atomic E-state index is 12.8. The number of carbonyl (C=O) groups is 1. The molecule has 1 heterocycles. The van der Waals surface area contributed by atoms with Crippen LogP contribution in [0.1, 0.15) is 15.9 Å². The van der Waals surface area contributed by atoms with Crippen LogP contribution >= 0.6 is 23.4 Å². The van der Waals surface area contributed by atoms with E-state index in [2.05, 4.69) is 4.99 Å². The summed E-state index contributed by atoms with van der Waals surface area (Å²) in [5.74, 6) is 0.0775. The molecule has 144 valence electrons. The molecule has 0 unspecified atom stereocenters. The largest absolute Gasteiger partial charge is 0.288 e. The fraction of sp³-hybridized carbons (Fsp3) is 0.176. The minimum atomic E-state index is -0.637. The molecule has 2 aromatic carbocycles. The summed E-state index contributed by atoms with van der Waals surface area (Å²) in [5, 5.41) is 22.2. The van der Waals surface area contributed by atoms with Crippen LogP contribution < -0.4 is 0 Å². The second-order valence-corrected chi connectivity index (χ2v) is 7.11. The summed E-state index contributed by atoms with van der Waals surface area (Å²) in [7, 11) is 0. The van der Waals surface area contributed by atoms with Crippen molar-refractivity contribution in [2.45, 2.75) is 5.75 Å². The zero-order valence-electron chi connectivity index (χ0n) is 14.3. The third kappa shape index (κ3) is 4.29. The number of rotatable bonds is 5. The van der Waals surface area contributed by atoms with Crippen molar-refractivity contribution in [2.75, 3.05) is 13.1 Å². The lowest BCUT2D eigenvalue weighted by Crippen LogP contribution is -2.32. The van der Waals surface area contributed by atoms with Crippen LogP contribution in [0.3, 0.4) is 0 Å². The summed E-state index contributed by atoms with van der Waals surface area (Å²) >= 11 is 7.12. The molecule has 0 aliphatic carbocycles. The Morgan fingerprint density at radius 2 is 1.86 bits per heavy atom. The second-order valence-electron chi connectivity index (χ2n) is 5.76. The lowest BCUT2D eigenvalue weighted by Gasteiger charge is -2.18. The first-order chi connectivity index (χ1) is 13.4. The van der Waals surface area contributed by atoms with E-state index in [1.165, 1.54) is 40.9 Å². The lowest BCUT2D eigenvalue weighted by molar-refractivity contribution is -0.385. The molecule has 0 radical (unpaired) electrons. The summed E-state index contributed by atoms with van der Waals surface area (Å²) in [4.78, 5) is 39.2. The zero-order valence-corrected chi connectivity index (χ0v) is 15.9. The van der Waals surface area contributed by atoms with Crippen molar-refractivity contribution in [3.63, 3.8) is 0 Å². The van der Waals surface area contributed by atoms with Crippen molar-refractivity contribution in [3.8, 4) is 0 Å². The van der Waals surface area contributed by atoms with Gasteiger partial charge in [0.2, 0.25) is 0 Å². The molecule has 0 N–H and O–H groups in total. The fourth-order valence-electron chi connectivity index (χ4n) is 2.54. The van der Waals surface area contributed by atoms with E-state index in [4.69, 9.17) is 11.6 Å². The Labute approximate surface area is 168 Å². The van der Waals surface area contributed by atoms with Gasteiger partial charge in [-0.15, -0.1) is 0 Å². The minimum absolute atomic E-state index is 0.00749. The van der Waals surface area contributed by atoms with E-state index < -0.39 is 15.8 Å². The highest BCUT2D eigenvalue weighted by molar-refractivity contribution is 8.13. The number of amidine groups is 1. The molecular weight excluding hydrogens is 408 g/mol. The molecule has 9 nitrogen and oxygen atoms in total. The number of thioether (sulfide) groups is 1. The number of benzene rings is 2. The number of nitro groups is 2. The predicted molar refractivity (Wildman–Crippen MR) is 106 cm³/mol. The molecule has 28 heavy (non-hydrogen) atoms. The molecule has 0 saturated carbocycles. The molecule has 0 fully saturated rings. The van der Waals surface area contributed by atoms with E-state index in [-0.39, 0.29) is 22.0 Å². The Hall–Kier alpha value is -2.98.